The summed E-state index contributed by atoms with van der Waals surface area (Å²) in [5.74, 6) is -0.568. The summed E-state index contributed by atoms with van der Waals surface area (Å²) in [5, 5.41) is 15.9. The van der Waals surface area contributed by atoms with E-state index in [1.54, 1.807) is 45.0 Å². The molecule has 3 rings (SSSR count). The molecule has 0 spiro atoms. The number of carbonyl (C=O) groups excluding carboxylic acids is 1. The Morgan fingerprint density at radius 1 is 1.19 bits per heavy atom. The van der Waals surface area contributed by atoms with Gasteiger partial charge in [-0.15, -0.1) is 0 Å². The Morgan fingerprint density at radius 2 is 1.93 bits per heavy atom. The number of nitrogens with zero attached hydrogens (tertiary/aromatic N) is 5. The molecule has 0 fully saturated rings. The number of benzene rings is 1. The number of anilines is 1. The summed E-state index contributed by atoms with van der Waals surface area (Å²) in [5.41, 5.74) is 7.17. The number of aryl methyl sites for hydroxylation is 3. The minimum atomic E-state index is -0.617. The van der Waals surface area contributed by atoms with E-state index in [1.165, 1.54) is 11.0 Å². The van der Waals surface area contributed by atoms with Gasteiger partial charge >= 0.3 is 5.69 Å². The monoisotopic (exact) mass is 367 g/mol. The molecule has 1 amide bonds. The predicted octanol–water partition coefficient (Wildman–Crippen LogP) is 2.25. The van der Waals surface area contributed by atoms with Crippen LogP contribution in [0, 0.1) is 30.9 Å². The number of nitro groups is 1. The molecule has 138 valence electrons. The highest BCUT2D eigenvalue weighted by atomic mass is 16.6. The standard InChI is InChI=1S/C17H17N7O3/c1-10-6-4-5-7-13(10)17(25)21-20-15-14(24(26)27)16(19-9-18-15)23-12(3)8-11(2)22-23/h4-9H,1-3H3,(H,21,25)(H,18,19,20). The highest BCUT2D eigenvalue weighted by molar-refractivity contribution is 5.96. The molecule has 3 aromatic rings. The summed E-state index contributed by atoms with van der Waals surface area (Å²) < 4.78 is 1.36. The molecule has 0 atom stereocenters. The lowest BCUT2D eigenvalue weighted by Crippen LogP contribution is -2.31. The van der Waals surface area contributed by atoms with Gasteiger partial charge in [-0.3, -0.25) is 25.8 Å². The SMILES string of the molecule is Cc1cc(C)n(-c2ncnc(NNC(=O)c3ccccc3C)c2[N+](=O)[O-])n1. The maximum Gasteiger partial charge on any atom is 0.357 e. The summed E-state index contributed by atoms with van der Waals surface area (Å²) in [6.07, 6.45) is 1.17. The van der Waals surface area contributed by atoms with Crippen LogP contribution in [0.4, 0.5) is 11.5 Å². The molecule has 10 nitrogen and oxygen atoms in total. The van der Waals surface area contributed by atoms with Crippen LogP contribution in [-0.4, -0.2) is 30.6 Å². The van der Waals surface area contributed by atoms with Crippen LogP contribution in [0.5, 0.6) is 0 Å². The second-order valence-electron chi connectivity index (χ2n) is 5.88. The smallest absolute Gasteiger partial charge is 0.276 e. The van der Waals surface area contributed by atoms with E-state index in [4.69, 9.17) is 0 Å². The normalized spacial score (nSPS) is 10.5. The molecule has 10 heteroatoms. The van der Waals surface area contributed by atoms with Gasteiger partial charge in [0.2, 0.25) is 11.6 Å². The van der Waals surface area contributed by atoms with Gasteiger partial charge in [-0.1, -0.05) is 18.2 Å². The van der Waals surface area contributed by atoms with Gasteiger partial charge in [0.1, 0.15) is 6.33 Å². The molecular weight excluding hydrogens is 350 g/mol. The second kappa shape index (κ2) is 7.20. The second-order valence-corrected chi connectivity index (χ2v) is 5.88. The molecular formula is C17H17N7O3. The molecule has 2 aromatic heterocycles. The van der Waals surface area contributed by atoms with Gasteiger partial charge in [-0.2, -0.15) is 5.10 Å². The van der Waals surface area contributed by atoms with Crippen molar-refractivity contribution in [3.8, 4) is 5.82 Å². The van der Waals surface area contributed by atoms with Crippen LogP contribution in [0.3, 0.4) is 0 Å². The topological polar surface area (TPSA) is 128 Å². The van der Waals surface area contributed by atoms with E-state index in [1.807, 2.05) is 6.07 Å². The van der Waals surface area contributed by atoms with Crippen LogP contribution >= 0.6 is 0 Å². The molecule has 1 aromatic carbocycles. The molecule has 0 radical (unpaired) electrons. The Hall–Kier alpha value is -3.82. The van der Waals surface area contributed by atoms with E-state index >= 15 is 0 Å². The number of amides is 1. The van der Waals surface area contributed by atoms with Crippen LogP contribution < -0.4 is 10.9 Å². The van der Waals surface area contributed by atoms with Gasteiger partial charge in [0.25, 0.3) is 5.91 Å². The molecule has 0 aliphatic carbocycles. The third-order valence-corrected chi connectivity index (χ3v) is 3.88. The first kappa shape index (κ1) is 18.0. The van der Waals surface area contributed by atoms with E-state index in [0.29, 0.717) is 17.0 Å². The number of nitrogens with one attached hydrogen (secondary N) is 2. The van der Waals surface area contributed by atoms with E-state index in [-0.39, 0.29) is 11.6 Å². The number of aromatic nitrogens is 4. The molecule has 0 unspecified atom stereocenters. The van der Waals surface area contributed by atoms with Crippen molar-refractivity contribution < 1.29 is 9.72 Å². The summed E-state index contributed by atoms with van der Waals surface area (Å²) >= 11 is 0. The first-order valence-corrected chi connectivity index (χ1v) is 8.03. The summed E-state index contributed by atoms with van der Waals surface area (Å²) in [6, 6.07) is 8.77. The quantitative estimate of drug-likeness (QED) is 0.523. The van der Waals surface area contributed by atoms with Crippen molar-refractivity contribution in [2.45, 2.75) is 20.8 Å². The van der Waals surface area contributed by atoms with Crippen molar-refractivity contribution >= 4 is 17.4 Å². The third-order valence-electron chi connectivity index (χ3n) is 3.88. The Kier molecular flexibility index (Phi) is 4.79. The molecule has 0 bridgehead atoms. The Bertz CT molecular complexity index is 1030. The van der Waals surface area contributed by atoms with Crippen molar-refractivity contribution in [1.29, 1.82) is 0 Å². The van der Waals surface area contributed by atoms with Gasteiger partial charge in [-0.25, -0.2) is 14.6 Å². The van der Waals surface area contributed by atoms with Crippen molar-refractivity contribution in [3.05, 3.63) is 69.3 Å². The van der Waals surface area contributed by atoms with E-state index in [0.717, 1.165) is 5.56 Å². The van der Waals surface area contributed by atoms with E-state index in [2.05, 4.69) is 25.9 Å². The zero-order valence-electron chi connectivity index (χ0n) is 14.9. The average Bonchev–Trinajstić information content (AvgIpc) is 2.97. The molecule has 0 saturated carbocycles. The molecule has 0 saturated heterocycles. The highest BCUT2D eigenvalue weighted by Crippen LogP contribution is 2.27. The number of rotatable bonds is 5. The molecule has 2 heterocycles. The lowest BCUT2D eigenvalue weighted by atomic mass is 10.1. The Balaban J connectivity index is 1.93. The number of hydrogen-bond acceptors (Lipinski definition) is 7. The fraction of sp³-hybridized carbons (Fsp3) is 0.176. The first-order valence-electron chi connectivity index (χ1n) is 8.03. The summed E-state index contributed by atoms with van der Waals surface area (Å²) in [6.45, 7) is 5.33. The molecule has 0 aliphatic heterocycles. The van der Waals surface area contributed by atoms with Gasteiger partial charge in [-0.05, 0) is 38.5 Å². The van der Waals surface area contributed by atoms with Gasteiger partial charge < -0.3 is 0 Å². The average molecular weight is 367 g/mol. The number of hydrazine groups is 1. The van der Waals surface area contributed by atoms with Crippen molar-refractivity contribution in [2.75, 3.05) is 5.43 Å². The maximum atomic E-state index is 12.3. The van der Waals surface area contributed by atoms with Crippen LogP contribution in [0.15, 0.2) is 36.7 Å². The fourth-order valence-corrected chi connectivity index (χ4v) is 2.64. The lowest BCUT2D eigenvalue weighted by Gasteiger charge is -2.11. The zero-order chi connectivity index (χ0) is 19.6. The van der Waals surface area contributed by atoms with Gasteiger partial charge in [0.05, 0.1) is 10.6 Å². The molecule has 27 heavy (non-hydrogen) atoms. The zero-order valence-corrected chi connectivity index (χ0v) is 14.9. The molecule has 0 aliphatic rings. The summed E-state index contributed by atoms with van der Waals surface area (Å²) in [7, 11) is 0. The van der Waals surface area contributed by atoms with Crippen LogP contribution in [0.2, 0.25) is 0 Å². The minimum Gasteiger partial charge on any atom is -0.276 e. The van der Waals surface area contributed by atoms with Gasteiger partial charge in [0.15, 0.2) is 0 Å². The lowest BCUT2D eigenvalue weighted by molar-refractivity contribution is -0.384. The Morgan fingerprint density at radius 3 is 2.56 bits per heavy atom. The van der Waals surface area contributed by atoms with Crippen LogP contribution in [0.25, 0.3) is 5.82 Å². The predicted molar refractivity (Wildman–Crippen MR) is 97.6 cm³/mol. The molecule has 2 N–H and O–H groups in total. The van der Waals surface area contributed by atoms with Crippen molar-refractivity contribution in [1.82, 2.24) is 25.2 Å². The number of carbonyl (C=O) groups is 1. The maximum absolute atomic E-state index is 12.3. The van der Waals surface area contributed by atoms with Crippen LogP contribution in [-0.2, 0) is 0 Å². The minimum absolute atomic E-state index is 0.00763. The Labute approximate surface area is 154 Å². The van der Waals surface area contributed by atoms with Crippen LogP contribution in [0.1, 0.15) is 27.3 Å². The van der Waals surface area contributed by atoms with Crippen molar-refractivity contribution in [2.24, 2.45) is 0 Å². The third kappa shape index (κ3) is 3.59. The van der Waals surface area contributed by atoms with E-state index in [9.17, 15) is 14.9 Å². The highest BCUT2D eigenvalue weighted by Gasteiger charge is 2.26. The van der Waals surface area contributed by atoms with Gasteiger partial charge in [0, 0.05) is 11.3 Å². The first-order chi connectivity index (χ1) is 12.9. The summed E-state index contributed by atoms with van der Waals surface area (Å²) in [4.78, 5) is 31.2. The van der Waals surface area contributed by atoms with E-state index < -0.39 is 16.5 Å². The van der Waals surface area contributed by atoms with Crippen molar-refractivity contribution in [3.63, 3.8) is 0 Å². The largest absolute Gasteiger partial charge is 0.357 e. The fourth-order valence-electron chi connectivity index (χ4n) is 2.64. The number of hydrogen-bond donors (Lipinski definition) is 2.